The van der Waals surface area contributed by atoms with Crippen LogP contribution in [0.5, 0.6) is 0 Å². The molecular formula is C7H18N2O3S2. The van der Waals surface area contributed by atoms with Gasteiger partial charge in [-0.15, -0.1) is 0 Å². The van der Waals surface area contributed by atoms with E-state index in [0.29, 0.717) is 5.75 Å². The maximum atomic E-state index is 11.3. The first-order valence-electron chi connectivity index (χ1n) is 4.10. The second-order valence-corrected chi connectivity index (χ2v) is 6.37. The van der Waals surface area contributed by atoms with Crippen molar-refractivity contribution in [1.82, 2.24) is 9.03 Å². The molecule has 0 heterocycles. The van der Waals surface area contributed by atoms with E-state index in [9.17, 15) is 13.5 Å². The number of hydrogen-bond donors (Lipinski definition) is 2. The van der Waals surface area contributed by atoms with Crippen LogP contribution < -0.4 is 4.72 Å². The quantitative estimate of drug-likeness (QED) is 0.658. The van der Waals surface area contributed by atoms with Crippen molar-refractivity contribution in [3.8, 4) is 0 Å². The molecular weight excluding hydrogens is 224 g/mol. The van der Waals surface area contributed by atoms with E-state index in [2.05, 4.69) is 4.72 Å². The van der Waals surface area contributed by atoms with E-state index in [1.54, 1.807) is 6.92 Å². The average molecular weight is 242 g/mol. The summed E-state index contributed by atoms with van der Waals surface area (Å²) in [6.07, 6.45) is 1.86. The smallest absolute Gasteiger partial charge is 0.279 e. The lowest BCUT2D eigenvalue weighted by molar-refractivity contribution is 0.0905. The maximum absolute atomic E-state index is 11.3. The number of nitrogens with one attached hydrogen (secondary N) is 1. The molecule has 1 atom stereocenters. The van der Waals surface area contributed by atoms with Crippen molar-refractivity contribution >= 4 is 22.0 Å². The summed E-state index contributed by atoms with van der Waals surface area (Å²) in [5, 5.41) is 9.69. The molecule has 0 rings (SSSR count). The second kappa shape index (κ2) is 5.32. The van der Waals surface area contributed by atoms with Crippen LogP contribution in [0.1, 0.15) is 6.92 Å². The topological polar surface area (TPSA) is 69.6 Å². The molecule has 0 fully saturated rings. The standard InChI is InChI=1S/C7H18N2O3S2/c1-7(10,6-13-4)5-8-14(11,12)9(2)3/h8,10H,5-6H2,1-4H3. The fourth-order valence-corrected chi connectivity index (χ4v) is 2.21. The molecule has 0 bridgehead atoms. The summed E-state index contributed by atoms with van der Waals surface area (Å²) in [4.78, 5) is 0. The van der Waals surface area contributed by atoms with Gasteiger partial charge in [0.15, 0.2) is 0 Å². The molecule has 0 spiro atoms. The lowest BCUT2D eigenvalue weighted by atomic mass is 10.1. The zero-order valence-electron chi connectivity index (χ0n) is 8.94. The van der Waals surface area contributed by atoms with E-state index >= 15 is 0 Å². The molecule has 0 aromatic heterocycles. The minimum atomic E-state index is -3.44. The Morgan fingerprint density at radius 1 is 1.50 bits per heavy atom. The van der Waals surface area contributed by atoms with Crippen molar-refractivity contribution < 1.29 is 13.5 Å². The molecule has 0 aromatic rings. The molecule has 5 nitrogen and oxygen atoms in total. The molecule has 86 valence electrons. The van der Waals surface area contributed by atoms with Gasteiger partial charge in [-0.2, -0.15) is 29.2 Å². The lowest BCUT2D eigenvalue weighted by Gasteiger charge is -2.23. The third-order valence-electron chi connectivity index (χ3n) is 1.57. The van der Waals surface area contributed by atoms with Gasteiger partial charge in [0.25, 0.3) is 10.2 Å². The van der Waals surface area contributed by atoms with Crippen LogP contribution in [0.25, 0.3) is 0 Å². The fourth-order valence-electron chi connectivity index (χ4n) is 0.738. The van der Waals surface area contributed by atoms with Gasteiger partial charge >= 0.3 is 0 Å². The lowest BCUT2D eigenvalue weighted by Crippen LogP contribution is -2.46. The number of thioether (sulfide) groups is 1. The van der Waals surface area contributed by atoms with Gasteiger partial charge in [0.05, 0.1) is 5.60 Å². The van der Waals surface area contributed by atoms with Gasteiger partial charge < -0.3 is 5.11 Å². The third kappa shape index (κ3) is 5.16. The monoisotopic (exact) mass is 242 g/mol. The molecule has 0 aliphatic carbocycles. The highest BCUT2D eigenvalue weighted by Crippen LogP contribution is 2.09. The van der Waals surface area contributed by atoms with Crippen LogP contribution in [0.2, 0.25) is 0 Å². The first-order valence-corrected chi connectivity index (χ1v) is 6.93. The van der Waals surface area contributed by atoms with Crippen LogP contribution in [0.15, 0.2) is 0 Å². The SMILES string of the molecule is CSCC(C)(O)CNS(=O)(=O)N(C)C. The zero-order chi connectivity index (χ0) is 11.4. The molecule has 2 N–H and O–H groups in total. The first kappa shape index (κ1) is 14.2. The van der Waals surface area contributed by atoms with Crippen molar-refractivity contribution in [3.05, 3.63) is 0 Å². The molecule has 0 aliphatic rings. The van der Waals surface area contributed by atoms with Crippen molar-refractivity contribution in [3.63, 3.8) is 0 Å². The Labute approximate surface area is 90.1 Å². The van der Waals surface area contributed by atoms with Crippen LogP contribution in [0, 0.1) is 0 Å². The minimum absolute atomic E-state index is 0.0222. The number of rotatable bonds is 6. The highest BCUT2D eigenvalue weighted by molar-refractivity contribution is 7.98. The normalized spacial score (nSPS) is 17.0. The molecule has 0 aromatic carbocycles. The summed E-state index contributed by atoms with van der Waals surface area (Å²) in [5.74, 6) is 0.489. The van der Waals surface area contributed by atoms with Gasteiger partial charge in [0, 0.05) is 26.4 Å². The first-order chi connectivity index (χ1) is 6.21. The molecule has 0 aliphatic heterocycles. The molecule has 7 heteroatoms. The number of hydrogen-bond acceptors (Lipinski definition) is 4. The van der Waals surface area contributed by atoms with Gasteiger partial charge in [-0.1, -0.05) is 0 Å². The summed E-state index contributed by atoms with van der Waals surface area (Å²) in [5.41, 5.74) is -1.01. The summed E-state index contributed by atoms with van der Waals surface area (Å²) >= 11 is 1.47. The molecule has 0 saturated carbocycles. The second-order valence-electron chi connectivity index (χ2n) is 3.54. The molecule has 0 radical (unpaired) electrons. The Kier molecular flexibility index (Phi) is 5.38. The summed E-state index contributed by atoms with van der Waals surface area (Å²) in [7, 11) is -0.563. The number of aliphatic hydroxyl groups is 1. The van der Waals surface area contributed by atoms with Crippen LogP contribution in [0.3, 0.4) is 0 Å². The Morgan fingerprint density at radius 2 is 2.00 bits per heavy atom. The van der Waals surface area contributed by atoms with Gasteiger partial charge in [-0.05, 0) is 13.2 Å². The Balaban J connectivity index is 4.19. The maximum Gasteiger partial charge on any atom is 0.279 e. The van der Waals surface area contributed by atoms with Crippen LogP contribution in [-0.4, -0.2) is 56.1 Å². The molecule has 0 amide bonds. The third-order valence-corrected chi connectivity index (χ3v) is 3.95. The van der Waals surface area contributed by atoms with E-state index in [1.165, 1.54) is 25.9 Å². The average Bonchev–Trinajstić information content (AvgIpc) is 2.01. The van der Waals surface area contributed by atoms with Gasteiger partial charge in [-0.25, -0.2) is 0 Å². The van der Waals surface area contributed by atoms with Crippen molar-refractivity contribution in [2.45, 2.75) is 12.5 Å². The Hall–Kier alpha value is 0.180. The number of nitrogens with zero attached hydrogens (tertiary/aromatic N) is 1. The van der Waals surface area contributed by atoms with E-state index < -0.39 is 15.8 Å². The van der Waals surface area contributed by atoms with Crippen molar-refractivity contribution in [2.24, 2.45) is 0 Å². The summed E-state index contributed by atoms with van der Waals surface area (Å²) < 4.78 is 25.9. The zero-order valence-corrected chi connectivity index (χ0v) is 10.6. The Bertz CT molecular complexity index is 262. The van der Waals surface area contributed by atoms with E-state index in [4.69, 9.17) is 0 Å². The van der Waals surface area contributed by atoms with Crippen LogP contribution in [-0.2, 0) is 10.2 Å². The molecule has 1 unspecified atom stereocenters. The predicted molar refractivity (Wildman–Crippen MR) is 59.6 cm³/mol. The largest absolute Gasteiger partial charge is 0.388 e. The van der Waals surface area contributed by atoms with Crippen molar-refractivity contribution in [2.75, 3.05) is 32.6 Å². The minimum Gasteiger partial charge on any atom is -0.388 e. The summed E-state index contributed by atoms with van der Waals surface area (Å²) in [6, 6.07) is 0. The van der Waals surface area contributed by atoms with E-state index in [0.717, 1.165) is 4.31 Å². The Morgan fingerprint density at radius 3 is 2.36 bits per heavy atom. The van der Waals surface area contributed by atoms with E-state index in [-0.39, 0.29) is 6.54 Å². The van der Waals surface area contributed by atoms with Gasteiger partial charge in [0.2, 0.25) is 0 Å². The van der Waals surface area contributed by atoms with Crippen LogP contribution in [0.4, 0.5) is 0 Å². The summed E-state index contributed by atoms with van der Waals surface area (Å²) in [6.45, 7) is 1.62. The molecule has 0 saturated heterocycles. The van der Waals surface area contributed by atoms with Crippen molar-refractivity contribution in [1.29, 1.82) is 0 Å². The fraction of sp³-hybridized carbons (Fsp3) is 1.00. The van der Waals surface area contributed by atoms with E-state index in [1.807, 2.05) is 6.26 Å². The predicted octanol–water partition coefficient (Wildman–Crippen LogP) is -0.504. The van der Waals surface area contributed by atoms with Gasteiger partial charge in [0.1, 0.15) is 0 Å². The van der Waals surface area contributed by atoms with Crippen LogP contribution >= 0.6 is 11.8 Å². The molecule has 14 heavy (non-hydrogen) atoms. The highest BCUT2D eigenvalue weighted by atomic mass is 32.2. The van der Waals surface area contributed by atoms with Gasteiger partial charge in [-0.3, -0.25) is 0 Å². The highest BCUT2D eigenvalue weighted by Gasteiger charge is 2.23.